The summed E-state index contributed by atoms with van der Waals surface area (Å²) in [5, 5.41) is 9.06. The van der Waals surface area contributed by atoms with Crippen LogP contribution in [-0.2, 0) is 6.42 Å². The molecule has 2 N–H and O–H groups in total. The Labute approximate surface area is 148 Å². The average Bonchev–Trinajstić information content (AvgIpc) is 2.61. The van der Waals surface area contributed by atoms with Gasteiger partial charge < -0.3 is 9.97 Å². The minimum Gasteiger partial charge on any atom is -0.356 e. The summed E-state index contributed by atoms with van der Waals surface area (Å²) in [6.45, 7) is 4.06. The van der Waals surface area contributed by atoms with Gasteiger partial charge in [0, 0.05) is 35.3 Å². The van der Waals surface area contributed by atoms with Gasteiger partial charge in [-0.2, -0.15) is 5.10 Å². The van der Waals surface area contributed by atoms with Crippen LogP contribution in [0.15, 0.2) is 46.1 Å². The second-order valence-corrected chi connectivity index (χ2v) is 6.61. The lowest BCUT2D eigenvalue weighted by molar-refractivity contribution is 0.792. The Morgan fingerprint density at radius 2 is 1.85 bits per heavy atom. The van der Waals surface area contributed by atoms with E-state index < -0.39 is 0 Å². The molecule has 0 unspecified atom stereocenters. The molecule has 0 aliphatic rings. The molecule has 0 aromatic carbocycles. The van der Waals surface area contributed by atoms with Gasteiger partial charge in [0.2, 0.25) is 11.0 Å². The highest BCUT2D eigenvalue weighted by Crippen LogP contribution is 2.16. The molecule has 0 fully saturated rings. The Morgan fingerprint density at radius 3 is 2.65 bits per heavy atom. The van der Waals surface area contributed by atoms with Gasteiger partial charge in [-0.25, -0.2) is 0 Å². The zero-order valence-corrected chi connectivity index (χ0v) is 14.4. The Kier molecular flexibility index (Phi) is 3.84. The Balaban J connectivity index is 1.75. The van der Waals surface area contributed by atoms with Gasteiger partial charge in [-0.15, -0.1) is 5.10 Å². The van der Waals surface area contributed by atoms with Gasteiger partial charge >= 0.3 is 0 Å². The first-order valence-corrected chi connectivity index (χ1v) is 8.37. The van der Waals surface area contributed by atoms with Crippen LogP contribution in [-0.4, -0.2) is 25.1 Å². The number of H-pyrrole nitrogens is 2. The summed E-state index contributed by atoms with van der Waals surface area (Å²) < 4.78 is 0. The third kappa shape index (κ3) is 2.99. The predicted molar refractivity (Wildman–Crippen MR) is 99.4 cm³/mol. The summed E-state index contributed by atoms with van der Waals surface area (Å²) in [7, 11) is 0. The lowest BCUT2D eigenvalue weighted by atomic mass is 10.1. The molecule has 4 rings (SSSR count). The molecule has 0 amide bonds. The fourth-order valence-electron chi connectivity index (χ4n) is 2.89. The van der Waals surface area contributed by atoms with Gasteiger partial charge in [-0.3, -0.25) is 14.6 Å². The highest BCUT2D eigenvalue weighted by atomic mass is 16.1. The van der Waals surface area contributed by atoms with E-state index in [-0.39, 0.29) is 16.9 Å². The number of pyridine rings is 3. The number of aromatic amines is 2. The first-order valence-electron chi connectivity index (χ1n) is 8.37. The molecule has 7 heteroatoms. The van der Waals surface area contributed by atoms with Gasteiger partial charge in [0.25, 0.3) is 0 Å². The normalized spacial score (nSPS) is 11.5. The van der Waals surface area contributed by atoms with Crippen molar-refractivity contribution in [2.45, 2.75) is 26.2 Å². The molecule has 0 bridgehead atoms. The van der Waals surface area contributed by atoms with Crippen LogP contribution < -0.4 is 11.0 Å². The molecular weight excluding hydrogens is 330 g/mol. The van der Waals surface area contributed by atoms with Crippen molar-refractivity contribution >= 4 is 21.9 Å². The maximum atomic E-state index is 12.3. The predicted octanol–water partition coefficient (Wildman–Crippen LogP) is 2.27. The quantitative estimate of drug-likeness (QED) is 0.591. The Morgan fingerprint density at radius 1 is 1.00 bits per heavy atom. The number of aromatic nitrogens is 5. The van der Waals surface area contributed by atoms with Crippen molar-refractivity contribution in [3.63, 3.8) is 0 Å². The number of nitrogens with zero attached hydrogens (tertiary/aromatic N) is 3. The lowest BCUT2D eigenvalue weighted by Crippen LogP contribution is -2.10. The monoisotopic (exact) mass is 347 g/mol. The number of hydrogen-bond donors (Lipinski definition) is 2. The first kappa shape index (κ1) is 16.1. The molecule has 7 nitrogen and oxygen atoms in total. The van der Waals surface area contributed by atoms with Crippen LogP contribution in [0.2, 0.25) is 0 Å². The van der Waals surface area contributed by atoms with Crippen LogP contribution in [0.5, 0.6) is 0 Å². The highest BCUT2D eigenvalue weighted by molar-refractivity contribution is 5.77. The molecule has 130 valence electrons. The van der Waals surface area contributed by atoms with Crippen molar-refractivity contribution in [1.82, 2.24) is 25.1 Å². The third-order valence-corrected chi connectivity index (χ3v) is 4.27. The summed E-state index contributed by atoms with van der Waals surface area (Å²) >= 11 is 0. The molecule has 0 saturated carbocycles. The zero-order chi connectivity index (χ0) is 18.3. The topological polar surface area (TPSA) is 104 Å². The number of nitrogens with one attached hydrogen (secondary N) is 2. The van der Waals surface area contributed by atoms with Crippen LogP contribution in [0.25, 0.3) is 21.9 Å². The molecule has 0 spiro atoms. The third-order valence-electron chi connectivity index (χ3n) is 4.27. The van der Waals surface area contributed by atoms with E-state index in [9.17, 15) is 9.59 Å². The van der Waals surface area contributed by atoms with E-state index >= 15 is 0 Å². The van der Waals surface area contributed by atoms with Crippen LogP contribution in [0, 0.1) is 0 Å². The van der Waals surface area contributed by atoms with Crippen molar-refractivity contribution in [2.75, 3.05) is 0 Å². The minimum absolute atomic E-state index is 0.159. The molecule has 26 heavy (non-hydrogen) atoms. The van der Waals surface area contributed by atoms with Crippen LogP contribution in [0.1, 0.15) is 36.8 Å². The Hall–Kier alpha value is -3.35. The molecule has 4 aromatic heterocycles. The number of rotatable bonds is 3. The molecule has 0 aliphatic heterocycles. The fourth-order valence-corrected chi connectivity index (χ4v) is 2.89. The summed E-state index contributed by atoms with van der Waals surface area (Å²) in [5.41, 5.74) is 3.75. The van der Waals surface area contributed by atoms with Crippen molar-refractivity contribution in [3.8, 4) is 0 Å². The summed E-state index contributed by atoms with van der Waals surface area (Å²) in [6, 6.07) is 8.54. The SMILES string of the molecule is CC(C)c1cc2[nH]c(Cc3cc4ccc(=O)[nH]c4cn3)cc(=O)c2nn1. The van der Waals surface area contributed by atoms with E-state index in [1.54, 1.807) is 12.3 Å². The van der Waals surface area contributed by atoms with E-state index in [2.05, 4.69) is 25.1 Å². The molecule has 4 aromatic rings. The summed E-state index contributed by atoms with van der Waals surface area (Å²) in [5.74, 6) is 0.225. The van der Waals surface area contributed by atoms with Gasteiger partial charge in [-0.05, 0) is 24.1 Å². The summed E-state index contributed by atoms with van der Waals surface area (Å²) in [4.78, 5) is 34.1. The van der Waals surface area contributed by atoms with Crippen LogP contribution in [0.4, 0.5) is 0 Å². The number of fused-ring (bicyclic) bond motifs is 2. The maximum absolute atomic E-state index is 12.3. The largest absolute Gasteiger partial charge is 0.356 e. The fraction of sp³-hybridized carbons (Fsp3) is 0.211. The Bertz CT molecular complexity index is 1240. The van der Waals surface area contributed by atoms with E-state index in [0.717, 1.165) is 22.5 Å². The van der Waals surface area contributed by atoms with E-state index in [1.165, 1.54) is 12.1 Å². The minimum atomic E-state index is -0.165. The standard InChI is InChI=1S/C19H17N5O2/c1-10(2)14-8-15-19(24-23-14)17(25)7-13(21-15)6-12-5-11-3-4-18(26)22-16(11)9-20-12/h3-5,7-10H,6H2,1-2H3,(H,21,25)(H,22,26). The van der Waals surface area contributed by atoms with Crippen LogP contribution in [0.3, 0.4) is 0 Å². The van der Waals surface area contributed by atoms with E-state index in [4.69, 9.17) is 0 Å². The second-order valence-electron chi connectivity index (χ2n) is 6.61. The van der Waals surface area contributed by atoms with Gasteiger partial charge in [-0.1, -0.05) is 13.8 Å². The molecule has 0 aliphatic carbocycles. The maximum Gasteiger partial charge on any atom is 0.248 e. The molecule has 0 saturated heterocycles. The lowest BCUT2D eigenvalue weighted by Gasteiger charge is -2.07. The average molecular weight is 347 g/mol. The van der Waals surface area contributed by atoms with Crippen molar-refractivity contribution < 1.29 is 0 Å². The van der Waals surface area contributed by atoms with Crippen molar-refractivity contribution in [2.24, 2.45) is 0 Å². The van der Waals surface area contributed by atoms with Gasteiger partial charge in [0.05, 0.1) is 22.9 Å². The molecule has 0 atom stereocenters. The van der Waals surface area contributed by atoms with Gasteiger partial charge in [0.15, 0.2) is 5.52 Å². The zero-order valence-electron chi connectivity index (χ0n) is 14.4. The van der Waals surface area contributed by atoms with E-state index in [1.807, 2.05) is 26.0 Å². The highest BCUT2D eigenvalue weighted by Gasteiger charge is 2.09. The van der Waals surface area contributed by atoms with Crippen molar-refractivity contribution in [1.29, 1.82) is 0 Å². The van der Waals surface area contributed by atoms with E-state index in [0.29, 0.717) is 23.0 Å². The molecule has 0 radical (unpaired) electrons. The summed E-state index contributed by atoms with van der Waals surface area (Å²) in [6.07, 6.45) is 2.10. The molecular formula is C19H17N5O2. The second kappa shape index (κ2) is 6.18. The van der Waals surface area contributed by atoms with Crippen LogP contribution >= 0.6 is 0 Å². The first-order chi connectivity index (χ1) is 12.5. The molecule has 4 heterocycles. The smallest absolute Gasteiger partial charge is 0.248 e. The van der Waals surface area contributed by atoms with Gasteiger partial charge in [0.1, 0.15) is 0 Å². The number of hydrogen-bond acceptors (Lipinski definition) is 5. The van der Waals surface area contributed by atoms with Crippen molar-refractivity contribution in [3.05, 3.63) is 74.2 Å².